The Morgan fingerprint density at radius 3 is 2.54 bits per heavy atom. The lowest BCUT2D eigenvalue weighted by Gasteiger charge is -2.28. The second-order valence-electron chi connectivity index (χ2n) is 6.39. The lowest BCUT2D eigenvalue weighted by molar-refractivity contribution is 0.318. The van der Waals surface area contributed by atoms with Crippen LogP contribution in [0.4, 0.5) is 17.6 Å². The number of nitrogen functional groups attached to an aromatic ring is 1. The van der Waals surface area contributed by atoms with Crippen molar-refractivity contribution in [3.8, 4) is 0 Å². The van der Waals surface area contributed by atoms with Gasteiger partial charge in [0, 0.05) is 50.3 Å². The predicted molar refractivity (Wildman–Crippen MR) is 113 cm³/mol. The molecule has 0 spiro atoms. The van der Waals surface area contributed by atoms with Crippen molar-refractivity contribution >= 4 is 39.2 Å². The number of aromatic nitrogens is 5. The number of halogens is 1. The largest absolute Gasteiger partial charge is 0.397 e. The van der Waals surface area contributed by atoms with E-state index in [1.807, 2.05) is 0 Å². The molecule has 4 heterocycles. The zero-order chi connectivity index (χ0) is 19.9. The van der Waals surface area contributed by atoms with Gasteiger partial charge in [-0.2, -0.15) is 9.61 Å². The molecule has 28 heavy (non-hydrogen) atoms. The number of nitrogens with one attached hydrogen (secondary N) is 1. The highest BCUT2D eigenvalue weighted by Gasteiger charge is 2.16. The smallest absolute Gasteiger partial charge is 0.219 e. The number of aliphatic hydroxyl groups excluding tert-OH is 1. The third-order valence-electron chi connectivity index (χ3n) is 4.29. The van der Waals surface area contributed by atoms with Crippen LogP contribution < -0.4 is 16.0 Å². The Labute approximate surface area is 172 Å². The maximum absolute atomic E-state index is 7.57. The second-order valence-corrected chi connectivity index (χ2v) is 7.25. The van der Waals surface area contributed by atoms with Gasteiger partial charge in [-0.1, -0.05) is 0 Å². The molecule has 4 rings (SSSR count). The Balaban J connectivity index is 0.000000706. The third kappa shape index (κ3) is 4.87. The van der Waals surface area contributed by atoms with Gasteiger partial charge in [-0.05, 0) is 42.1 Å². The summed E-state index contributed by atoms with van der Waals surface area (Å²) in [6.45, 7) is 4.59. The third-order valence-corrected chi connectivity index (χ3v) is 4.85. The summed E-state index contributed by atoms with van der Waals surface area (Å²) < 4.78 is 2.68. The van der Waals surface area contributed by atoms with Gasteiger partial charge in [0.25, 0.3) is 0 Å². The fourth-order valence-corrected chi connectivity index (χ4v) is 3.33. The van der Waals surface area contributed by atoms with Gasteiger partial charge in [-0.25, -0.2) is 15.0 Å². The molecule has 0 atom stereocenters. The molecule has 150 valence electrons. The predicted octanol–water partition coefficient (Wildman–Crippen LogP) is 2.47. The van der Waals surface area contributed by atoms with E-state index in [4.69, 9.17) is 15.8 Å². The number of aliphatic hydroxyl groups is 1. The van der Waals surface area contributed by atoms with Crippen LogP contribution in [0.1, 0.15) is 31.7 Å². The summed E-state index contributed by atoms with van der Waals surface area (Å²) in [7, 11) is 0. The van der Waals surface area contributed by atoms with Crippen LogP contribution in [0.3, 0.4) is 0 Å². The first-order chi connectivity index (χ1) is 13.6. The molecule has 0 radical (unpaired) electrons. The van der Waals surface area contributed by atoms with E-state index in [9.17, 15) is 0 Å². The molecule has 3 aromatic rings. The van der Waals surface area contributed by atoms with E-state index in [0.717, 1.165) is 40.4 Å². The minimum Gasteiger partial charge on any atom is -0.397 e. The summed E-state index contributed by atoms with van der Waals surface area (Å²) in [6, 6.07) is 2.05. The Hall–Kier alpha value is -2.46. The molecular formula is C18H25BrN8O. The van der Waals surface area contributed by atoms with Crippen LogP contribution in [0.15, 0.2) is 29.1 Å². The van der Waals surface area contributed by atoms with Crippen molar-refractivity contribution in [2.45, 2.75) is 32.7 Å². The van der Waals surface area contributed by atoms with Crippen LogP contribution in [-0.4, -0.2) is 49.4 Å². The topological polar surface area (TPSA) is 117 Å². The molecule has 1 aliphatic heterocycles. The van der Waals surface area contributed by atoms with E-state index >= 15 is 0 Å². The normalized spacial score (nSPS) is 13.9. The van der Waals surface area contributed by atoms with Gasteiger partial charge in [0.2, 0.25) is 5.95 Å². The number of anilines is 3. The lowest BCUT2D eigenvalue weighted by Crippen LogP contribution is -2.30. The highest BCUT2D eigenvalue weighted by molar-refractivity contribution is 9.10. The molecule has 0 aromatic carbocycles. The zero-order valence-electron chi connectivity index (χ0n) is 15.8. The maximum atomic E-state index is 7.57. The first-order valence-electron chi connectivity index (χ1n) is 9.32. The van der Waals surface area contributed by atoms with Gasteiger partial charge in [0.15, 0.2) is 5.65 Å². The van der Waals surface area contributed by atoms with Crippen LogP contribution in [0, 0.1) is 0 Å². The summed E-state index contributed by atoms with van der Waals surface area (Å²) in [6.07, 6.45) is 8.91. The average molecular weight is 449 g/mol. The van der Waals surface area contributed by atoms with Crippen molar-refractivity contribution in [1.82, 2.24) is 24.6 Å². The van der Waals surface area contributed by atoms with Gasteiger partial charge >= 0.3 is 0 Å². The SMILES string of the molecule is CCO.Nc1ncc(CNc2cc(N3CCCCC3)nc3c(Br)cnn23)cn1. The number of rotatable bonds is 4. The van der Waals surface area contributed by atoms with Crippen molar-refractivity contribution < 1.29 is 5.11 Å². The van der Waals surface area contributed by atoms with Crippen molar-refractivity contribution in [2.75, 3.05) is 35.6 Å². The molecule has 1 fully saturated rings. The highest BCUT2D eigenvalue weighted by atomic mass is 79.9. The van der Waals surface area contributed by atoms with E-state index in [1.165, 1.54) is 19.3 Å². The van der Waals surface area contributed by atoms with Crippen LogP contribution in [0.25, 0.3) is 5.65 Å². The fourth-order valence-electron chi connectivity index (χ4n) is 2.98. The van der Waals surface area contributed by atoms with Gasteiger partial charge < -0.3 is 21.1 Å². The van der Waals surface area contributed by atoms with Gasteiger partial charge in [0.05, 0.1) is 10.7 Å². The van der Waals surface area contributed by atoms with E-state index in [1.54, 1.807) is 30.0 Å². The highest BCUT2D eigenvalue weighted by Crippen LogP contribution is 2.26. The molecular weight excluding hydrogens is 424 g/mol. The molecule has 0 aliphatic carbocycles. The van der Waals surface area contributed by atoms with Gasteiger partial charge in [0.1, 0.15) is 11.6 Å². The van der Waals surface area contributed by atoms with E-state index in [2.05, 4.69) is 47.3 Å². The molecule has 0 saturated carbocycles. The quantitative estimate of drug-likeness (QED) is 0.556. The summed E-state index contributed by atoms with van der Waals surface area (Å²) in [5.41, 5.74) is 7.29. The summed E-state index contributed by atoms with van der Waals surface area (Å²) in [4.78, 5) is 15.2. The molecule has 9 nitrogen and oxygen atoms in total. The molecule has 0 bridgehead atoms. The van der Waals surface area contributed by atoms with E-state index < -0.39 is 0 Å². The van der Waals surface area contributed by atoms with Crippen molar-refractivity contribution in [1.29, 1.82) is 0 Å². The van der Waals surface area contributed by atoms with Gasteiger partial charge in [-0.3, -0.25) is 0 Å². The Morgan fingerprint density at radius 1 is 1.18 bits per heavy atom. The lowest BCUT2D eigenvalue weighted by atomic mass is 10.1. The van der Waals surface area contributed by atoms with Crippen molar-refractivity contribution in [2.24, 2.45) is 0 Å². The van der Waals surface area contributed by atoms with Crippen LogP contribution in [-0.2, 0) is 6.54 Å². The molecule has 0 amide bonds. The minimum absolute atomic E-state index is 0.250. The number of hydrogen-bond donors (Lipinski definition) is 3. The first-order valence-corrected chi connectivity index (χ1v) is 10.1. The van der Waals surface area contributed by atoms with E-state index in [0.29, 0.717) is 6.54 Å². The molecule has 1 saturated heterocycles. The van der Waals surface area contributed by atoms with Crippen LogP contribution in [0.2, 0.25) is 0 Å². The first kappa shape index (κ1) is 20.3. The number of nitrogens with two attached hydrogens (primary N) is 1. The summed E-state index contributed by atoms with van der Waals surface area (Å²) >= 11 is 3.54. The minimum atomic E-state index is 0.250. The Bertz CT molecular complexity index is 892. The molecule has 4 N–H and O–H groups in total. The molecule has 1 aliphatic rings. The number of fused-ring (bicyclic) bond motifs is 1. The fraction of sp³-hybridized carbons (Fsp3) is 0.444. The monoisotopic (exact) mass is 448 g/mol. The maximum Gasteiger partial charge on any atom is 0.219 e. The second kappa shape index (κ2) is 9.65. The Kier molecular flexibility index (Phi) is 6.99. The average Bonchev–Trinajstić information content (AvgIpc) is 3.10. The molecule has 3 aromatic heterocycles. The zero-order valence-corrected chi connectivity index (χ0v) is 17.4. The number of piperidine rings is 1. The summed E-state index contributed by atoms with van der Waals surface area (Å²) in [5, 5.41) is 15.4. The Morgan fingerprint density at radius 2 is 1.86 bits per heavy atom. The standard InChI is InChI=1S/C16H19BrN8.C2H6O/c17-12-10-22-25-13(19-7-11-8-20-16(18)21-9-11)6-14(23-15(12)25)24-4-2-1-3-5-24;1-2-3/h6,8-10,19H,1-5,7H2,(H2,18,20,21);3H,2H2,1H3. The number of nitrogens with zero attached hydrogens (tertiary/aromatic N) is 6. The van der Waals surface area contributed by atoms with Crippen molar-refractivity contribution in [3.63, 3.8) is 0 Å². The summed E-state index contributed by atoms with van der Waals surface area (Å²) in [5.74, 6) is 2.14. The number of hydrogen-bond acceptors (Lipinski definition) is 8. The van der Waals surface area contributed by atoms with Gasteiger partial charge in [-0.15, -0.1) is 0 Å². The van der Waals surface area contributed by atoms with E-state index in [-0.39, 0.29) is 12.6 Å². The molecule has 0 unspecified atom stereocenters. The van der Waals surface area contributed by atoms with Crippen molar-refractivity contribution in [3.05, 3.63) is 34.7 Å². The molecule has 10 heteroatoms. The van der Waals surface area contributed by atoms with Crippen LogP contribution >= 0.6 is 15.9 Å². The van der Waals surface area contributed by atoms with Crippen LogP contribution in [0.5, 0.6) is 0 Å².